The molecular formula is C30H34N6O2. The highest BCUT2D eigenvalue weighted by Gasteiger charge is 2.19. The summed E-state index contributed by atoms with van der Waals surface area (Å²) in [5, 5.41) is 5.01. The average molecular weight is 511 g/mol. The lowest BCUT2D eigenvalue weighted by Crippen LogP contribution is -2.28. The Labute approximate surface area is 223 Å². The highest BCUT2D eigenvalue weighted by atomic mass is 16.5. The molecule has 0 saturated carbocycles. The standard InChI is InChI=1S/2C15H17N3O/c2*1-18(9-13-10-19-15(16)17-13)14-7-6-11-4-2-3-5-12(11)8-14/h2*2-8,13H,9-10H2,1H3,(H2,16,17)/t2*13-/m10/s1. The summed E-state index contributed by atoms with van der Waals surface area (Å²) in [5.41, 5.74) is 13.4. The molecule has 8 nitrogen and oxygen atoms in total. The van der Waals surface area contributed by atoms with Crippen LogP contribution in [0.3, 0.4) is 0 Å². The molecule has 0 bridgehead atoms. The molecule has 0 saturated heterocycles. The Kier molecular flexibility index (Phi) is 7.49. The van der Waals surface area contributed by atoms with E-state index in [9.17, 15) is 0 Å². The van der Waals surface area contributed by atoms with Gasteiger partial charge in [0, 0.05) is 38.6 Å². The van der Waals surface area contributed by atoms with Crippen LogP contribution in [0.25, 0.3) is 21.5 Å². The number of rotatable bonds is 6. The van der Waals surface area contributed by atoms with Gasteiger partial charge in [0.15, 0.2) is 0 Å². The van der Waals surface area contributed by atoms with Gasteiger partial charge in [0.05, 0.1) is 0 Å². The molecule has 4 aromatic rings. The van der Waals surface area contributed by atoms with E-state index < -0.39 is 0 Å². The smallest absolute Gasteiger partial charge is 0.282 e. The Morgan fingerprint density at radius 1 is 0.632 bits per heavy atom. The highest BCUT2D eigenvalue weighted by molar-refractivity contribution is 5.86. The van der Waals surface area contributed by atoms with Crippen LogP contribution in [0.5, 0.6) is 0 Å². The molecule has 0 radical (unpaired) electrons. The van der Waals surface area contributed by atoms with E-state index in [4.69, 9.17) is 20.9 Å². The van der Waals surface area contributed by atoms with Crippen LogP contribution in [-0.4, -0.2) is 64.5 Å². The Hall–Kier alpha value is -4.46. The van der Waals surface area contributed by atoms with Crippen molar-refractivity contribution in [2.75, 3.05) is 50.2 Å². The van der Waals surface area contributed by atoms with Gasteiger partial charge in [-0.3, -0.25) is 0 Å². The predicted octanol–water partition coefficient (Wildman–Crippen LogP) is 3.98. The molecule has 38 heavy (non-hydrogen) atoms. The molecule has 0 fully saturated rings. The first kappa shape index (κ1) is 25.2. The minimum atomic E-state index is 0.122. The van der Waals surface area contributed by atoms with Crippen molar-refractivity contribution in [1.82, 2.24) is 0 Å². The van der Waals surface area contributed by atoms with Crippen molar-refractivity contribution >= 4 is 45.0 Å². The fourth-order valence-electron chi connectivity index (χ4n) is 4.73. The number of fused-ring (bicyclic) bond motifs is 2. The second-order valence-corrected chi connectivity index (χ2v) is 9.69. The number of likely N-dealkylation sites (N-methyl/N-ethyl adjacent to an activating group) is 2. The minimum Gasteiger partial charge on any atom is -0.463 e. The molecule has 2 heterocycles. The SMILES string of the molecule is CN(C[C@@H]1COC(N)=N1)c1ccc2ccccc2c1.CN(C[C@H]1COC(N)=N1)c1ccc2ccccc2c1. The van der Waals surface area contributed by atoms with E-state index in [0.717, 1.165) is 13.1 Å². The third-order valence-electron chi connectivity index (χ3n) is 6.78. The zero-order chi connectivity index (χ0) is 26.5. The molecule has 0 aliphatic carbocycles. The lowest BCUT2D eigenvalue weighted by atomic mass is 10.1. The van der Waals surface area contributed by atoms with E-state index in [1.54, 1.807) is 0 Å². The molecule has 0 spiro atoms. The second-order valence-electron chi connectivity index (χ2n) is 9.69. The summed E-state index contributed by atoms with van der Waals surface area (Å²) < 4.78 is 10.3. The second kappa shape index (κ2) is 11.3. The van der Waals surface area contributed by atoms with Crippen LogP contribution < -0.4 is 21.3 Å². The monoisotopic (exact) mass is 510 g/mol. The first-order chi connectivity index (χ1) is 18.4. The number of hydrogen-bond donors (Lipinski definition) is 2. The topological polar surface area (TPSA) is 102 Å². The van der Waals surface area contributed by atoms with E-state index >= 15 is 0 Å². The van der Waals surface area contributed by atoms with E-state index in [1.807, 2.05) is 0 Å². The highest BCUT2D eigenvalue weighted by Crippen LogP contribution is 2.23. The number of amidine groups is 2. The number of hydrogen-bond acceptors (Lipinski definition) is 8. The fraction of sp³-hybridized carbons (Fsp3) is 0.267. The lowest BCUT2D eigenvalue weighted by molar-refractivity contribution is 0.314. The maximum Gasteiger partial charge on any atom is 0.282 e. The third kappa shape index (κ3) is 6.08. The summed E-state index contributed by atoms with van der Waals surface area (Å²) in [4.78, 5) is 12.9. The maximum absolute atomic E-state index is 5.52. The number of aliphatic imine (C=N–C) groups is 2. The maximum atomic E-state index is 5.52. The van der Waals surface area contributed by atoms with Crippen molar-refractivity contribution in [3.8, 4) is 0 Å². The first-order valence-corrected chi connectivity index (χ1v) is 12.8. The largest absolute Gasteiger partial charge is 0.463 e. The first-order valence-electron chi connectivity index (χ1n) is 12.8. The fourth-order valence-corrected chi connectivity index (χ4v) is 4.73. The van der Waals surface area contributed by atoms with Crippen LogP contribution in [0.4, 0.5) is 11.4 Å². The van der Waals surface area contributed by atoms with Crippen LogP contribution in [0, 0.1) is 0 Å². The van der Waals surface area contributed by atoms with Gasteiger partial charge in [-0.25, -0.2) is 9.98 Å². The molecule has 0 amide bonds. The molecule has 8 heteroatoms. The van der Waals surface area contributed by atoms with Gasteiger partial charge in [-0.2, -0.15) is 0 Å². The van der Waals surface area contributed by atoms with Gasteiger partial charge < -0.3 is 30.7 Å². The Bertz CT molecular complexity index is 1360. The molecular weight excluding hydrogens is 476 g/mol. The van der Waals surface area contributed by atoms with E-state index in [-0.39, 0.29) is 12.1 Å². The van der Waals surface area contributed by atoms with Gasteiger partial charge in [-0.15, -0.1) is 0 Å². The molecule has 2 aliphatic rings. The van der Waals surface area contributed by atoms with Crippen LogP contribution >= 0.6 is 0 Å². The molecule has 196 valence electrons. The van der Waals surface area contributed by atoms with Gasteiger partial charge in [0.2, 0.25) is 0 Å². The summed E-state index contributed by atoms with van der Waals surface area (Å²) in [5.74, 6) is 0. The van der Waals surface area contributed by atoms with Gasteiger partial charge in [0.1, 0.15) is 25.3 Å². The Morgan fingerprint density at radius 3 is 1.39 bits per heavy atom. The lowest BCUT2D eigenvalue weighted by Gasteiger charge is -2.21. The number of anilines is 2. The Morgan fingerprint density at radius 2 is 1.03 bits per heavy atom. The van der Waals surface area contributed by atoms with Crippen molar-refractivity contribution in [3.05, 3.63) is 84.9 Å². The molecule has 6 rings (SSSR count). The zero-order valence-corrected chi connectivity index (χ0v) is 21.8. The third-order valence-corrected chi connectivity index (χ3v) is 6.78. The molecule has 0 aromatic heterocycles. The number of nitrogens with two attached hydrogens (primary N) is 2. The minimum absolute atomic E-state index is 0.122. The summed E-state index contributed by atoms with van der Waals surface area (Å²) in [6.45, 7) is 2.76. The van der Waals surface area contributed by atoms with Crippen molar-refractivity contribution in [2.24, 2.45) is 21.5 Å². The molecule has 4 aromatic carbocycles. The predicted molar refractivity (Wildman–Crippen MR) is 157 cm³/mol. The summed E-state index contributed by atoms with van der Waals surface area (Å²) in [7, 11) is 4.13. The van der Waals surface area contributed by atoms with Crippen LogP contribution in [0.15, 0.2) is 94.9 Å². The summed E-state index contributed by atoms with van der Waals surface area (Å²) >= 11 is 0. The van der Waals surface area contributed by atoms with Crippen LogP contribution in [0.1, 0.15) is 0 Å². The quantitative estimate of drug-likeness (QED) is 0.407. The summed E-state index contributed by atoms with van der Waals surface area (Å²) in [6, 6.07) is 30.5. The van der Waals surface area contributed by atoms with E-state index in [0.29, 0.717) is 25.3 Å². The molecule has 2 aliphatic heterocycles. The van der Waals surface area contributed by atoms with Gasteiger partial charge in [-0.1, -0.05) is 60.7 Å². The zero-order valence-electron chi connectivity index (χ0n) is 21.8. The van der Waals surface area contributed by atoms with Crippen LogP contribution in [0.2, 0.25) is 0 Å². The van der Waals surface area contributed by atoms with Crippen molar-refractivity contribution in [1.29, 1.82) is 0 Å². The molecule has 2 atom stereocenters. The van der Waals surface area contributed by atoms with Crippen molar-refractivity contribution in [2.45, 2.75) is 12.1 Å². The average Bonchev–Trinajstić information content (AvgIpc) is 3.55. The normalized spacial score (nSPS) is 18.2. The van der Waals surface area contributed by atoms with Crippen LogP contribution in [-0.2, 0) is 9.47 Å². The number of ether oxygens (including phenoxy) is 2. The summed E-state index contributed by atoms with van der Waals surface area (Å²) in [6.07, 6.45) is 0. The van der Waals surface area contributed by atoms with Crippen molar-refractivity contribution in [3.63, 3.8) is 0 Å². The van der Waals surface area contributed by atoms with Gasteiger partial charge >= 0.3 is 0 Å². The number of nitrogens with zero attached hydrogens (tertiary/aromatic N) is 4. The van der Waals surface area contributed by atoms with Gasteiger partial charge in [-0.05, 0) is 45.8 Å². The molecule has 4 N–H and O–H groups in total. The van der Waals surface area contributed by atoms with E-state index in [2.05, 4.69) is 119 Å². The van der Waals surface area contributed by atoms with E-state index in [1.165, 1.54) is 32.9 Å². The number of benzene rings is 4. The Balaban J connectivity index is 0.000000155. The van der Waals surface area contributed by atoms with Gasteiger partial charge in [0.25, 0.3) is 12.0 Å². The van der Waals surface area contributed by atoms with Crippen molar-refractivity contribution < 1.29 is 9.47 Å². The molecule has 0 unspecified atom stereocenters.